The second-order valence-corrected chi connectivity index (χ2v) is 8.57. The van der Waals surface area contributed by atoms with E-state index in [4.69, 9.17) is 4.74 Å². The minimum absolute atomic E-state index is 0.0405. The molecule has 1 aliphatic heterocycles. The van der Waals surface area contributed by atoms with Crippen LogP contribution < -0.4 is 4.74 Å². The van der Waals surface area contributed by atoms with E-state index in [9.17, 15) is 35.7 Å². The number of hydrogen-bond donors (Lipinski definition) is 7. The van der Waals surface area contributed by atoms with Crippen LogP contribution in [0.4, 0.5) is 0 Å². The van der Waals surface area contributed by atoms with E-state index in [2.05, 4.69) is 0 Å². The lowest BCUT2D eigenvalue weighted by molar-refractivity contribution is -0.236. The zero-order valence-corrected chi connectivity index (χ0v) is 18.7. The third kappa shape index (κ3) is 3.65. The molecule has 0 fully saturated rings. The zero-order valence-electron chi connectivity index (χ0n) is 18.7. The summed E-state index contributed by atoms with van der Waals surface area (Å²) in [6.07, 6.45) is 3.26. The highest BCUT2D eigenvalue weighted by atomic mass is 16.6. The molecule has 4 aromatic carbocycles. The Balaban J connectivity index is 1.77. The molecule has 0 aliphatic carbocycles. The molecule has 0 saturated carbocycles. The van der Waals surface area contributed by atoms with Crippen LogP contribution in [0.1, 0.15) is 27.8 Å². The van der Waals surface area contributed by atoms with E-state index in [0.29, 0.717) is 5.56 Å². The highest BCUT2D eigenvalue weighted by molar-refractivity contribution is 5.76. The highest BCUT2D eigenvalue weighted by Crippen LogP contribution is 2.58. The van der Waals surface area contributed by atoms with E-state index in [1.807, 2.05) is 0 Å². The van der Waals surface area contributed by atoms with Gasteiger partial charge in [0.15, 0.2) is 5.60 Å². The summed E-state index contributed by atoms with van der Waals surface area (Å²) in [5.41, 5.74) is -1.36. The topological polar surface area (TPSA) is 151 Å². The van der Waals surface area contributed by atoms with Gasteiger partial charge in [0.1, 0.15) is 34.5 Å². The van der Waals surface area contributed by atoms with Gasteiger partial charge in [0.25, 0.3) is 5.79 Å². The van der Waals surface area contributed by atoms with Gasteiger partial charge in [0, 0.05) is 28.8 Å². The lowest BCUT2D eigenvalue weighted by Gasteiger charge is -2.37. The maximum Gasteiger partial charge on any atom is 0.272 e. The monoisotopic (exact) mass is 486 g/mol. The van der Waals surface area contributed by atoms with Crippen LogP contribution in [-0.2, 0) is 11.4 Å². The smallest absolute Gasteiger partial charge is 0.272 e. The van der Waals surface area contributed by atoms with Crippen LogP contribution in [0.5, 0.6) is 34.5 Å². The summed E-state index contributed by atoms with van der Waals surface area (Å²) < 4.78 is 5.89. The fourth-order valence-electron chi connectivity index (χ4n) is 4.49. The number of rotatable bonds is 4. The van der Waals surface area contributed by atoms with Crippen LogP contribution >= 0.6 is 0 Å². The molecule has 5 rings (SSSR count). The number of aliphatic hydroxyl groups is 2. The van der Waals surface area contributed by atoms with E-state index in [1.165, 1.54) is 60.7 Å². The molecule has 4 aromatic rings. The van der Waals surface area contributed by atoms with Crippen LogP contribution in [0.15, 0.2) is 78.9 Å². The van der Waals surface area contributed by atoms with Gasteiger partial charge >= 0.3 is 0 Å². The number of fused-ring (bicyclic) bond motifs is 1. The Bertz CT molecular complexity index is 1460. The fourth-order valence-corrected chi connectivity index (χ4v) is 4.49. The lowest BCUT2D eigenvalue weighted by Crippen LogP contribution is -2.50. The first kappa shape index (κ1) is 23.1. The molecule has 8 nitrogen and oxygen atoms in total. The van der Waals surface area contributed by atoms with Gasteiger partial charge in [-0.3, -0.25) is 0 Å². The van der Waals surface area contributed by atoms with Crippen LogP contribution in [-0.4, -0.2) is 35.7 Å². The summed E-state index contributed by atoms with van der Waals surface area (Å²) in [6.45, 7) is 0. The largest absolute Gasteiger partial charge is 0.508 e. The average molecular weight is 486 g/mol. The molecule has 0 saturated heterocycles. The summed E-state index contributed by atoms with van der Waals surface area (Å²) in [5, 5.41) is 74.2. The van der Waals surface area contributed by atoms with Crippen molar-refractivity contribution < 1.29 is 40.5 Å². The SMILES string of the molecule is Oc1ccc(/C=C/c2cc(O)cc3c2C(O)(c2cc(O)cc(O)c2)C(O)(c2ccc(O)cc2)O3)cc1. The van der Waals surface area contributed by atoms with Gasteiger partial charge in [-0.25, -0.2) is 0 Å². The molecular formula is C28H22O8. The fraction of sp³-hybridized carbons (Fsp3) is 0.0714. The summed E-state index contributed by atoms with van der Waals surface area (Å²) in [6, 6.07) is 17.7. The van der Waals surface area contributed by atoms with Crippen LogP contribution in [0.25, 0.3) is 12.2 Å². The minimum atomic E-state index is -2.49. The molecule has 0 radical (unpaired) electrons. The standard InChI is InChI=1S/C28H22O8/c29-20-7-2-16(3-8-20)1-4-17-11-22(31)15-25-26(17)27(34,19-12-23(32)14-24(33)13-19)28(35,36-25)18-5-9-21(30)10-6-18/h1-15,29-35H/b4-1+. The average Bonchev–Trinajstić information content (AvgIpc) is 3.06. The first-order valence-electron chi connectivity index (χ1n) is 10.9. The third-order valence-electron chi connectivity index (χ3n) is 6.15. The normalized spacial score (nSPS) is 20.8. The van der Waals surface area contributed by atoms with Gasteiger partial charge in [-0.05, 0) is 65.7 Å². The molecular weight excluding hydrogens is 464 g/mol. The van der Waals surface area contributed by atoms with Crippen LogP contribution in [0.3, 0.4) is 0 Å². The third-order valence-corrected chi connectivity index (χ3v) is 6.15. The van der Waals surface area contributed by atoms with Gasteiger partial charge in [0.05, 0.1) is 0 Å². The van der Waals surface area contributed by atoms with Gasteiger partial charge in [-0.2, -0.15) is 0 Å². The second kappa shape index (κ2) is 8.23. The minimum Gasteiger partial charge on any atom is -0.508 e. The Hall–Kier alpha value is -4.66. The molecule has 182 valence electrons. The Morgan fingerprint density at radius 3 is 1.72 bits per heavy atom. The van der Waals surface area contributed by atoms with Crippen molar-refractivity contribution in [2.45, 2.75) is 11.4 Å². The number of aromatic hydroxyl groups is 5. The van der Waals surface area contributed by atoms with Crippen molar-refractivity contribution in [3.63, 3.8) is 0 Å². The molecule has 36 heavy (non-hydrogen) atoms. The molecule has 0 bridgehead atoms. The highest BCUT2D eigenvalue weighted by Gasteiger charge is 2.62. The van der Waals surface area contributed by atoms with E-state index in [1.54, 1.807) is 24.3 Å². The van der Waals surface area contributed by atoms with Crippen molar-refractivity contribution in [1.82, 2.24) is 0 Å². The Morgan fingerprint density at radius 1 is 0.556 bits per heavy atom. The van der Waals surface area contributed by atoms with Crippen molar-refractivity contribution in [3.05, 3.63) is 107 Å². The van der Waals surface area contributed by atoms with Gasteiger partial charge in [-0.15, -0.1) is 0 Å². The quantitative estimate of drug-likeness (QED) is 0.215. The van der Waals surface area contributed by atoms with Crippen molar-refractivity contribution >= 4 is 12.2 Å². The van der Waals surface area contributed by atoms with E-state index in [0.717, 1.165) is 6.07 Å². The molecule has 0 spiro atoms. The number of phenolic OH excluding ortho intramolecular Hbond substituents is 5. The maximum atomic E-state index is 12.3. The van der Waals surface area contributed by atoms with Gasteiger partial charge in [-0.1, -0.05) is 24.3 Å². The van der Waals surface area contributed by atoms with E-state index < -0.39 is 11.4 Å². The Morgan fingerprint density at radius 2 is 1.11 bits per heavy atom. The van der Waals surface area contributed by atoms with Crippen molar-refractivity contribution in [2.24, 2.45) is 0 Å². The molecule has 2 unspecified atom stereocenters. The van der Waals surface area contributed by atoms with Crippen molar-refractivity contribution in [2.75, 3.05) is 0 Å². The van der Waals surface area contributed by atoms with Crippen molar-refractivity contribution in [1.29, 1.82) is 0 Å². The number of phenols is 5. The second-order valence-electron chi connectivity index (χ2n) is 8.57. The summed E-state index contributed by atoms with van der Waals surface area (Å²) in [7, 11) is 0. The summed E-state index contributed by atoms with van der Waals surface area (Å²) in [4.78, 5) is 0. The first-order chi connectivity index (χ1) is 17.1. The predicted octanol–water partition coefficient (Wildman–Crippen LogP) is 3.86. The first-order valence-corrected chi connectivity index (χ1v) is 10.9. The lowest BCUT2D eigenvalue weighted by atomic mass is 9.76. The van der Waals surface area contributed by atoms with Crippen LogP contribution in [0.2, 0.25) is 0 Å². The number of hydrogen-bond acceptors (Lipinski definition) is 8. The van der Waals surface area contributed by atoms with Gasteiger partial charge in [0.2, 0.25) is 0 Å². The molecule has 1 aliphatic rings. The summed E-state index contributed by atoms with van der Waals surface area (Å²) >= 11 is 0. The number of benzene rings is 4. The Kier molecular flexibility index (Phi) is 5.28. The maximum absolute atomic E-state index is 12.3. The van der Waals surface area contributed by atoms with E-state index >= 15 is 0 Å². The number of ether oxygens (including phenoxy) is 1. The Labute approximate surface area is 205 Å². The van der Waals surface area contributed by atoms with E-state index in [-0.39, 0.29) is 56.8 Å². The molecule has 1 heterocycles. The van der Waals surface area contributed by atoms with Crippen molar-refractivity contribution in [3.8, 4) is 34.5 Å². The molecule has 0 aromatic heterocycles. The molecule has 7 N–H and O–H groups in total. The van der Waals surface area contributed by atoms with Crippen LogP contribution in [0, 0.1) is 0 Å². The summed E-state index contributed by atoms with van der Waals surface area (Å²) in [5.74, 6) is -3.43. The molecule has 0 amide bonds. The molecule has 8 heteroatoms. The van der Waals surface area contributed by atoms with Gasteiger partial charge < -0.3 is 40.5 Å². The zero-order chi connectivity index (χ0) is 25.7. The predicted molar refractivity (Wildman–Crippen MR) is 131 cm³/mol. The molecule has 2 atom stereocenters.